The number of carbonyl (C=O) groups excluding carboxylic acids is 1. The number of nitrogens with one attached hydrogen (secondary N) is 1. The van der Waals surface area contributed by atoms with E-state index < -0.39 is 21.3 Å². The zero-order chi connectivity index (χ0) is 24.1. The van der Waals surface area contributed by atoms with E-state index in [0.29, 0.717) is 35.0 Å². The van der Waals surface area contributed by atoms with Crippen molar-refractivity contribution in [3.8, 4) is 11.8 Å². The van der Waals surface area contributed by atoms with E-state index in [9.17, 15) is 22.9 Å². The molecule has 10 heteroatoms. The highest BCUT2D eigenvalue weighted by atomic mass is 32.2. The Morgan fingerprint density at radius 2 is 1.91 bits per heavy atom. The zero-order valence-electron chi connectivity index (χ0n) is 18.0. The number of carbonyl (C=O) groups is 1. The Bertz CT molecular complexity index is 1600. The lowest BCUT2D eigenvalue weighted by Gasteiger charge is -2.19. The highest BCUT2D eigenvalue weighted by Gasteiger charge is 2.46. The quantitative estimate of drug-likeness (QED) is 0.473. The molecular formula is C24H18FN5O3S. The van der Waals surface area contributed by atoms with Gasteiger partial charge in [-0.3, -0.25) is 4.79 Å². The maximum Gasteiger partial charge on any atom is 0.252 e. The van der Waals surface area contributed by atoms with E-state index >= 15 is 0 Å². The maximum absolute atomic E-state index is 13.4. The van der Waals surface area contributed by atoms with Gasteiger partial charge in [-0.05, 0) is 66.9 Å². The predicted molar refractivity (Wildman–Crippen MR) is 121 cm³/mol. The topological polar surface area (TPSA) is 118 Å². The number of halogens is 1. The van der Waals surface area contributed by atoms with Crippen LogP contribution in [0.15, 0.2) is 66.0 Å². The van der Waals surface area contributed by atoms with Crippen LogP contribution in [0.2, 0.25) is 0 Å². The number of amides is 1. The molecule has 0 unspecified atom stereocenters. The minimum atomic E-state index is -3.50. The number of sulfone groups is 1. The highest BCUT2D eigenvalue weighted by molar-refractivity contribution is 7.90. The summed E-state index contributed by atoms with van der Waals surface area (Å²) in [6, 6.07) is 14.1. The molecule has 2 aromatic heterocycles. The molecule has 4 aromatic rings. The molecule has 1 aliphatic rings. The Morgan fingerprint density at radius 3 is 2.56 bits per heavy atom. The summed E-state index contributed by atoms with van der Waals surface area (Å²) in [5, 5.41) is 17.4. The molecule has 170 valence electrons. The number of benzene rings is 2. The Balaban J connectivity index is 1.54. The number of hydrogen-bond acceptors (Lipinski definition) is 6. The second kappa shape index (κ2) is 7.74. The summed E-state index contributed by atoms with van der Waals surface area (Å²) in [5.41, 5.74) is 1.61. The standard InChI is InChI=1S/C24H18FN5O3S/c1-34(32,33)22-12-16(6-9-27-22)24(7-8-24)29-23(31)19-10-15(13-26)11-21-20(19)14-28-30(21)18-4-2-17(25)3-5-18/h2-6,9-12,14H,7-8H2,1H3,(H,29,31). The molecule has 5 rings (SSSR count). The maximum atomic E-state index is 13.4. The average Bonchev–Trinajstić information content (AvgIpc) is 3.48. The number of nitrogens with zero attached hydrogens (tertiary/aromatic N) is 4. The van der Waals surface area contributed by atoms with E-state index in [4.69, 9.17) is 0 Å². The molecule has 0 bridgehead atoms. The third-order valence-corrected chi connectivity index (χ3v) is 6.89. The first-order valence-corrected chi connectivity index (χ1v) is 12.3. The Morgan fingerprint density at radius 1 is 1.18 bits per heavy atom. The van der Waals surface area contributed by atoms with E-state index in [1.54, 1.807) is 28.9 Å². The Labute approximate surface area is 194 Å². The highest BCUT2D eigenvalue weighted by Crippen LogP contribution is 2.46. The van der Waals surface area contributed by atoms with Crippen molar-refractivity contribution in [1.82, 2.24) is 20.1 Å². The minimum absolute atomic E-state index is 0.0556. The summed E-state index contributed by atoms with van der Waals surface area (Å²) in [6.07, 6.45) is 5.31. The van der Waals surface area contributed by atoms with Crippen LogP contribution in [0.25, 0.3) is 16.6 Å². The summed E-state index contributed by atoms with van der Waals surface area (Å²) in [6.45, 7) is 0. The summed E-state index contributed by atoms with van der Waals surface area (Å²) in [4.78, 5) is 17.3. The van der Waals surface area contributed by atoms with Gasteiger partial charge in [-0.1, -0.05) is 0 Å². The van der Waals surface area contributed by atoms with Crippen molar-refractivity contribution < 1.29 is 17.6 Å². The van der Waals surface area contributed by atoms with Gasteiger partial charge in [0.1, 0.15) is 5.82 Å². The van der Waals surface area contributed by atoms with Gasteiger partial charge in [-0.2, -0.15) is 10.4 Å². The molecule has 1 N–H and O–H groups in total. The largest absolute Gasteiger partial charge is 0.342 e. The fraction of sp³-hybridized carbons (Fsp3) is 0.167. The van der Waals surface area contributed by atoms with E-state index in [2.05, 4.69) is 21.5 Å². The molecule has 8 nitrogen and oxygen atoms in total. The van der Waals surface area contributed by atoms with Crippen molar-refractivity contribution in [2.24, 2.45) is 0 Å². The van der Waals surface area contributed by atoms with Gasteiger partial charge in [-0.25, -0.2) is 22.5 Å². The van der Waals surface area contributed by atoms with Crippen molar-refractivity contribution in [2.75, 3.05) is 6.26 Å². The van der Waals surface area contributed by atoms with E-state index in [1.165, 1.54) is 36.7 Å². The van der Waals surface area contributed by atoms with Crippen LogP contribution in [0.3, 0.4) is 0 Å². The van der Waals surface area contributed by atoms with Crippen molar-refractivity contribution >= 4 is 26.6 Å². The zero-order valence-corrected chi connectivity index (χ0v) is 18.8. The Hall–Kier alpha value is -4.10. The van der Waals surface area contributed by atoms with Gasteiger partial charge >= 0.3 is 0 Å². The molecule has 0 spiro atoms. The van der Waals surface area contributed by atoms with Crippen LogP contribution in [0.1, 0.15) is 34.3 Å². The second-order valence-electron chi connectivity index (χ2n) is 8.29. The summed E-state index contributed by atoms with van der Waals surface area (Å²) < 4.78 is 38.7. The van der Waals surface area contributed by atoms with Gasteiger partial charge in [-0.15, -0.1) is 0 Å². The summed E-state index contributed by atoms with van der Waals surface area (Å²) >= 11 is 0. The van der Waals surface area contributed by atoms with Gasteiger partial charge in [0.2, 0.25) is 0 Å². The minimum Gasteiger partial charge on any atom is -0.342 e. The predicted octanol–water partition coefficient (Wildman–Crippen LogP) is 3.25. The molecule has 1 saturated carbocycles. The fourth-order valence-electron chi connectivity index (χ4n) is 3.97. The molecule has 0 atom stereocenters. The number of rotatable bonds is 5. The number of nitriles is 1. The molecule has 1 aliphatic carbocycles. The van der Waals surface area contributed by atoms with Gasteiger partial charge in [0.25, 0.3) is 5.91 Å². The van der Waals surface area contributed by atoms with Crippen molar-refractivity contribution in [1.29, 1.82) is 5.26 Å². The normalized spacial score (nSPS) is 14.5. The number of fused-ring (bicyclic) bond motifs is 1. The first-order chi connectivity index (χ1) is 16.2. The van der Waals surface area contributed by atoms with Gasteiger partial charge in [0, 0.05) is 17.8 Å². The summed E-state index contributed by atoms with van der Waals surface area (Å²) in [7, 11) is -3.50. The molecule has 2 aromatic carbocycles. The number of hydrogen-bond donors (Lipinski definition) is 1. The fourth-order valence-corrected chi connectivity index (χ4v) is 4.57. The molecule has 1 amide bonds. The van der Waals surface area contributed by atoms with Crippen molar-refractivity contribution in [3.63, 3.8) is 0 Å². The van der Waals surface area contributed by atoms with E-state index in [1.807, 2.05) is 0 Å². The monoisotopic (exact) mass is 475 g/mol. The van der Waals surface area contributed by atoms with E-state index in [-0.39, 0.29) is 22.0 Å². The van der Waals surface area contributed by atoms with Crippen LogP contribution in [0.5, 0.6) is 0 Å². The summed E-state index contributed by atoms with van der Waals surface area (Å²) in [5.74, 6) is -0.793. The molecule has 1 fully saturated rings. The first kappa shape index (κ1) is 21.7. The molecule has 0 aliphatic heterocycles. The average molecular weight is 476 g/mol. The number of pyridine rings is 1. The van der Waals surface area contributed by atoms with E-state index in [0.717, 1.165) is 6.26 Å². The van der Waals surface area contributed by atoms with Crippen LogP contribution >= 0.6 is 0 Å². The van der Waals surface area contributed by atoms with Gasteiger partial charge < -0.3 is 5.32 Å². The Kier molecular flexibility index (Phi) is 4.95. The molecule has 0 saturated heterocycles. The third kappa shape index (κ3) is 3.80. The lowest BCUT2D eigenvalue weighted by atomic mass is 10.0. The molecule has 34 heavy (non-hydrogen) atoms. The smallest absolute Gasteiger partial charge is 0.252 e. The second-order valence-corrected chi connectivity index (χ2v) is 10.3. The van der Waals surface area contributed by atoms with Crippen LogP contribution in [0.4, 0.5) is 4.39 Å². The number of aromatic nitrogens is 3. The van der Waals surface area contributed by atoms with Gasteiger partial charge in [0.05, 0.1) is 40.1 Å². The van der Waals surface area contributed by atoms with Crippen molar-refractivity contribution in [3.05, 3.63) is 83.4 Å². The van der Waals surface area contributed by atoms with Crippen LogP contribution in [0, 0.1) is 17.1 Å². The molecule has 0 radical (unpaired) electrons. The van der Waals surface area contributed by atoms with Crippen LogP contribution < -0.4 is 5.32 Å². The third-order valence-electron chi connectivity index (χ3n) is 5.90. The lowest BCUT2D eigenvalue weighted by molar-refractivity contribution is 0.0932. The first-order valence-electron chi connectivity index (χ1n) is 10.4. The van der Waals surface area contributed by atoms with Crippen LogP contribution in [-0.2, 0) is 15.4 Å². The molecular weight excluding hydrogens is 457 g/mol. The molecule has 2 heterocycles. The van der Waals surface area contributed by atoms with Crippen LogP contribution in [-0.4, -0.2) is 35.3 Å². The SMILES string of the molecule is CS(=O)(=O)c1cc(C2(NC(=O)c3cc(C#N)cc4c3cnn4-c3ccc(F)cc3)CC2)ccn1. The van der Waals surface area contributed by atoms with Crippen molar-refractivity contribution in [2.45, 2.75) is 23.4 Å². The lowest BCUT2D eigenvalue weighted by Crippen LogP contribution is -2.35. The van der Waals surface area contributed by atoms with Gasteiger partial charge in [0.15, 0.2) is 14.9 Å².